The van der Waals surface area contributed by atoms with Gasteiger partial charge in [0.15, 0.2) is 5.96 Å². The van der Waals surface area contributed by atoms with Gasteiger partial charge in [0, 0.05) is 32.2 Å². The van der Waals surface area contributed by atoms with E-state index in [1.165, 1.54) is 37.8 Å². The number of nitrogens with one attached hydrogen (secondary N) is 1. The number of guanidine groups is 1. The minimum Gasteiger partial charge on any atom is -0.494 e. The number of hydrogen-bond acceptors (Lipinski definition) is 2. The summed E-state index contributed by atoms with van der Waals surface area (Å²) in [6.45, 7) is 5.77. The maximum absolute atomic E-state index is 5.69. The van der Waals surface area contributed by atoms with E-state index in [2.05, 4.69) is 27.3 Å². The third-order valence-electron chi connectivity index (χ3n) is 5.07. The highest BCUT2D eigenvalue weighted by atomic mass is 127. The van der Waals surface area contributed by atoms with Crippen molar-refractivity contribution >= 4 is 29.9 Å². The van der Waals surface area contributed by atoms with Crippen LogP contribution in [0.5, 0.6) is 5.75 Å². The molecule has 3 rings (SSSR count). The molecule has 1 saturated carbocycles. The summed E-state index contributed by atoms with van der Waals surface area (Å²) in [5.41, 5.74) is 1.78. The smallest absolute Gasteiger partial charge is 0.193 e. The van der Waals surface area contributed by atoms with Crippen molar-refractivity contribution < 1.29 is 4.74 Å². The maximum Gasteiger partial charge on any atom is 0.193 e. The largest absolute Gasteiger partial charge is 0.494 e. The zero-order chi connectivity index (χ0) is 15.4. The number of rotatable bonds is 4. The lowest BCUT2D eigenvalue weighted by molar-refractivity contribution is 0.151. The Kier molecular flexibility index (Phi) is 6.56. The number of nitrogens with zero attached hydrogens (tertiary/aromatic N) is 2. The number of likely N-dealkylation sites (tertiary alicyclic amines) is 1. The molecule has 5 heteroatoms. The standard InChI is InChI=1S/C18H27N3O.HI/c1-3-22-16-8-5-4-7-15(16)13-20-17(19-2)21-12-11-18(14-21)9-6-10-18;/h4-5,7-8H,3,6,9-14H2,1-2H3,(H,19,20);1H. The van der Waals surface area contributed by atoms with Crippen molar-refractivity contribution in [1.82, 2.24) is 10.2 Å². The molecule has 1 aromatic rings. The van der Waals surface area contributed by atoms with E-state index >= 15 is 0 Å². The van der Waals surface area contributed by atoms with Gasteiger partial charge in [-0.3, -0.25) is 4.99 Å². The van der Waals surface area contributed by atoms with Crippen LogP contribution in [0, 0.1) is 5.41 Å². The quantitative estimate of drug-likeness (QED) is 0.451. The summed E-state index contributed by atoms with van der Waals surface area (Å²) < 4.78 is 5.69. The predicted molar refractivity (Wildman–Crippen MR) is 106 cm³/mol. The molecule has 2 aliphatic rings. The molecule has 0 aromatic heterocycles. The summed E-state index contributed by atoms with van der Waals surface area (Å²) >= 11 is 0. The molecule has 4 nitrogen and oxygen atoms in total. The summed E-state index contributed by atoms with van der Waals surface area (Å²) in [6.07, 6.45) is 5.52. The van der Waals surface area contributed by atoms with Crippen LogP contribution in [0.1, 0.15) is 38.2 Å². The number of benzene rings is 1. The Balaban J connectivity index is 0.00000192. The number of halogens is 1. The van der Waals surface area contributed by atoms with Gasteiger partial charge in [0.25, 0.3) is 0 Å². The molecule has 1 aliphatic carbocycles. The van der Waals surface area contributed by atoms with Crippen LogP contribution in [0.4, 0.5) is 0 Å². The van der Waals surface area contributed by atoms with Crippen LogP contribution in [-0.4, -0.2) is 37.6 Å². The van der Waals surface area contributed by atoms with Crippen molar-refractivity contribution in [1.29, 1.82) is 0 Å². The minimum absolute atomic E-state index is 0. The van der Waals surface area contributed by atoms with E-state index in [1.807, 2.05) is 26.1 Å². The SMILES string of the molecule is CCOc1ccccc1CNC(=NC)N1CCC2(CCC2)C1.I. The van der Waals surface area contributed by atoms with Gasteiger partial charge in [-0.1, -0.05) is 24.6 Å². The average Bonchev–Trinajstić information content (AvgIpc) is 2.95. The fraction of sp³-hybridized carbons (Fsp3) is 0.611. The molecule has 1 N–H and O–H groups in total. The van der Waals surface area contributed by atoms with Gasteiger partial charge in [0.2, 0.25) is 0 Å². The highest BCUT2D eigenvalue weighted by Gasteiger charge is 2.43. The Hall–Kier alpha value is -0.980. The van der Waals surface area contributed by atoms with Crippen molar-refractivity contribution in [3.05, 3.63) is 29.8 Å². The third-order valence-corrected chi connectivity index (χ3v) is 5.07. The van der Waals surface area contributed by atoms with Gasteiger partial charge in [0.1, 0.15) is 5.75 Å². The van der Waals surface area contributed by atoms with E-state index in [1.54, 1.807) is 0 Å². The van der Waals surface area contributed by atoms with E-state index in [0.717, 1.165) is 24.8 Å². The predicted octanol–water partition coefficient (Wildman–Crippen LogP) is 3.65. The number of para-hydroxylation sites is 1. The second kappa shape index (κ2) is 8.22. The lowest BCUT2D eigenvalue weighted by Crippen LogP contribution is -2.42. The van der Waals surface area contributed by atoms with Gasteiger partial charge >= 0.3 is 0 Å². The first-order valence-corrected chi connectivity index (χ1v) is 8.43. The Labute approximate surface area is 156 Å². The zero-order valence-electron chi connectivity index (χ0n) is 14.2. The van der Waals surface area contributed by atoms with E-state index in [9.17, 15) is 0 Å². The molecule has 0 bridgehead atoms. The molecule has 0 radical (unpaired) electrons. The summed E-state index contributed by atoms with van der Waals surface area (Å²) in [7, 11) is 1.88. The highest BCUT2D eigenvalue weighted by molar-refractivity contribution is 14.0. The second-order valence-corrected chi connectivity index (χ2v) is 6.47. The molecule has 128 valence electrons. The van der Waals surface area contributed by atoms with E-state index in [-0.39, 0.29) is 24.0 Å². The van der Waals surface area contributed by atoms with E-state index in [4.69, 9.17) is 4.74 Å². The molecule has 1 saturated heterocycles. The van der Waals surface area contributed by atoms with Crippen LogP contribution >= 0.6 is 24.0 Å². The van der Waals surface area contributed by atoms with Crippen LogP contribution in [-0.2, 0) is 6.54 Å². The van der Waals surface area contributed by atoms with Crippen molar-refractivity contribution in [2.45, 2.75) is 39.2 Å². The van der Waals surface area contributed by atoms with E-state index < -0.39 is 0 Å². The van der Waals surface area contributed by atoms with Crippen LogP contribution < -0.4 is 10.1 Å². The first kappa shape index (κ1) is 18.4. The normalized spacial score (nSPS) is 19.2. The number of ether oxygens (including phenoxy) is 1. The molecule has 0 amide bonds. The maximum atomic E-state index is 5.69. The van der Waals surface area contributed by atoms with Gasteiger partial charge in [-0.05, 0) is 37.7 Å². The van der Waals surface area contributed by atoms with Gasteiger partial charge in [0.05, 0.1) is 6.61 Å². The van der Waals surface area contributed by atoms with Crippen LogP contribution in [0.2, 0.25) is 0 Å². The topological polar surface area (TPSA) is 36.9 Å². The van der Waals surface area contributed by atoms with Crippen LogP contribution in [0.15, 0.2) is 29.3 Å². The summed E-state index contributed by atoms with van der Waals surface area (Å²) in [5.74, 6) is 1.99. The third kappa shape index (κ3) is 4.11. The lowest BCUT2D eigenvalue weighted by atomic mass is 9.68. The molecule has 2 fully saturated rings. The Bertz CT molecular complexity index is 543. The summed E-state index contributed by atoms with van der Waals surface area (Å²) in [4.78, 5) is 6.89. The summed E-state index contributed by atoms with van der Waals surface area (Å²) in [5, 5.41) is 3.51. The monoisotopic (exact) mass is 429 g/mol. The van der Waals surface area contributed by atoms with Crippen molar-refractivity contribution in [3.8, 4) is 5.75 Å². The van der Waals surface area contributed by atoms with Crippen molar-refractivity contribution in [2.24, 2.45) is 10.4 Å². The molecule has 0 unspecified atom stereocenters. The number of aliphatic imine (C=N–C) groups is 1. The Morgan fingerprint density at radius 2 is 2.09 bits per heavy atom. The fourth-order valence-corrected chi connectivity index (χ4v) is 3.65. The molecule has 0 atom stereocenters. The Morgan fingerprint density at radius 1 is 1.30 bits per heavy atom. The second-order valence-electron chi connectivity index (χ2n) is 6.47. The van der Waals surface area contributed by atoms with Gasteiger partial charge in [-0.25, -0.2) is 0 Å². The zero-order valence-corrected chi connectivity index (χ0v) is 16.5. The molecule has 1 heterocycles. The van der Waals surface area contributed by atoms with Crippen LogP contribution in [0.3, 0.4) is 0 Å². The Morgan fingerprint density at radius 3 is 2.70 bits per heavy atom. The minimum atomic E-state index is 0. The first-order valence-electron chi connectivity index (χ1n) is 8.43. The highest BCUT2D eigenvalue weighted by Crippen LogP contribution is 2.47. The van der Waals surface area contributed by atoms with E-state index in [0.29, 0.717) is 12.0 Å². The molecule has 1 aromatic carbocycles. The van der Waals surface area contributed by atoms with Gasteiger partial charge in [-0.15, -0.1) is 24.0 Å². The first-order chi connectivity index (χ1) is 10.8. The van der Waals surface area contributed by atoms with Crippen molar-refractivity contribution in [3.63, 3.8) is 0 Å². The van der Waals surface area contributed by atoms with Crippen molar-refractivity contribution in [2.75, 3.05) is 26.7 Å². The molecule has 1 spiro atoms. The van der Waals surface area contributed by atoms with Gasteiger partial charge < -0.3 is 15.0 Å². The fourth-order valence-electron chi connectivity index (χ4n) is 3.65. The van der Waals surface area contributed by atoms with Crippen LogP contribution in [0.25, 0.3) is 0 Å². The lowest BCUT2D eigenvalue weighted by Gasteiger charge is -2.38. The molecule has 1 aliphatic heterocycles. The summed E-state index contributed by atoms with van der Waals surface area (Å²) in [6, 6.07) is 8.22. The average molecular weight is 429 g/mol. The molecular formula is C18H28IN3O. The number of hydrogen-bond donors (Lipinski definition) is 1. The molecule has 23 heavy (non-hydrogen) atoms. The molecular weight excluding hydrogens is 401 g/mol. The van der Waals surface area contributed by atoms with Gasteiger partial charge in [-0.2, -0.15) is 0 Å².